The van der Waals surface area contributed by atoms with Crippen LogP contribution in [0.4, 0.5) is 4.39 Å². The van der Waals surface area contributed by atoms with Crippen LogP contribution in [0, 0.1) is 19.7 Å². The Hall–Kier alpha value is -2.47. The summed E-state index contributed by atoms with van der Waals surface area (Å²) in [6.45, 7) is 4.46. The lowest BCUT2D eigenvalue weighted by Gasteiger charge is -2.14. The lowest BCUT2D eigenvalue weighted by molar-refractivity contribution is 0.601. The van der Waals surface area contributed by atoms with Gasteiger partial charge in [-0.25, -0.2) is 17.8 Å². The highest BCUT2D eigenvalue weighted by molar-refractivity contribution is 14.0. The first-order chi connectivity index (χ1) is 14.7. The van der Waals surface area contributed by atoms with Crippen LogP contribution >= 0.6 is 24.0 Å². The molecule has 0 aliphatic rings. The highest BCUT2D eigenvalue weighted by Gasteiger charge is 2.11. The Morgan fingerprint density at radius 3 is 2.22 bits per heavy atom. The van der Waals surface area contributed by atoms with Crippen molar-refractivity contribution >= 4 is 39.8 Å². The minimum Gasteiger partial charge on any atom is -0.352 e. The zero-order valence-corrected chi connectivity index (χ0v) is 21.5. The first kappa shape index (κ1) is 25.8. The Labute approximate surface area is 205 Å². The topological polar surface area (TPSA) is 88.4 Å². The Morgan fingerprint density at radius 2 is 1.72 bits per heavy atom. The van der Waals surface area contributed by atoms with Crippen LogP contribution in [0.2, 0.25) is 0 Å². The van der Waals surface area contributed by atoms with Crippen molar-refractivity contribution in [2.75, 3.05) is 13.3 Å². The van der Waals surface area contributed by atoms with Crippen molar-refractivity contribution in [3.05, 3.63) is 77.1 Å². The molecular weight excluding hydrogens is 544 g/mol. The largest absolute Gasteiger partial charge is 0.352 e. The predicted molar refractivity (Wildman–Crippen MR) is 135 cm³/mol. The van der Waals surface area contributed by atoms with Crippen molar-refractivity contribution in [2.45, 2.75) is 31.8 Å². The molecule has 0 saturated heterocycles. The third-order valence-corrected chi connectivity index (χ3v) is 6.14. The molecule has 0 saturated carbocycles. The summed E-state index contributed by atoms with van der Waals surface area (Å²) in [7, 11) is -1.59. The number of imidazole rings is 1. The van der Waals surface area contributed by atoms with E-state index in [4.69, 9.17) is 0 Å². The standard InChI is InChI=1S/C22H26FN5O2S.HI/c1-15-11-17(6-8-21(15)31(4,29)30)13-26-22(24-3)27-14-18-5-7-20(19(23)12-18)28-10-9-25-16(28)2;/h5-12H,13-14H2,1-4H3,(H2,24,26,27);1H. The molecule has 172 valence electrons. The molecule has 0 amide bonds. The lowest BCUT2D eigenvalue weighted by atomic mass is 10.1. The summed E-state index contributed by atoms with van der Waals surface area (Å²) < 4.78 is 39.8. The highest BCUT2D eigenvalue weighted by atomic mass is 127. The van der Waals surface area contributed by atoms with E-state index >= 15 is 0 Å². The van der Waals surface area contributed by atoms with E-state index in [1.807, 2.05) is 19.1 Å². The minimum atomic E-state index is -3.24. The van der Waals surface area contributed by atoms with Crippen LogP contribution in [0.1, 0.15) is 22.5 Å². The van der Waals surface area contributed by atoms with Gasteiger partial charge in [-0.15, -0.1) is 24.0 Å². The third kappa shape index (κ3) is 6.28. The summed E-state index contributed by atoms with van der Waals surface area (Å²) >= 11 is 0. The molecule has 1 heterocycles. The number of hydrogen-bond donors (Lipinski definition) is 2. The fourth-order valence-electron chi connectivity index (χ4n) is 3.32. The number of rotatable bonds is 6. The molecule has 0 fully saturated rings. The molecule has 0 bridgehead atoms. The van der Waals surface area contributed by atoms with Gasteiger partial charge in [-0.1, -0.05) is 18.2 Å². The first-order valence-corrected chi connectivity index (χ1v) is 11.6. The first-order valence-electron chi connectivity index (χ1n) is 9.72. The van der Waals surface area contributed by atoms with Crippen molar-refractivity contribution in [1.82, 2.24) is 20.2 Å². The van der Waals surface area contributed by atoms with E-state index < -0.39 is 9.84 Å². The Morgan fingerprint density at radius 1 is 1.09 bits per heavy atom. The van der Waals surface area contributed by atoms with Crippen LogP contribution in [0.3, 0.4) is 0 Å². The molecule has 32 heavy (non-hydrogen) atoms. The number of aromatic nitrogens is 2. The molecule has 0 atom stereocenters. The third-order valence-electron chi connectivity index (χ3n) is 4.88. The van der Waals surface area contributed by atoms with Gasteiger partial charge in [0.1, 0.15) is 11.6 Å². The Kier molecular flexibility index (Phi) is 8.79. The van der Waals surface area contributed by atoms with Crippen molar-refractivity contribution in [1.29, 1.82) is 0 Å². The van der Waals surface area contributed by atoms with Crippen LogP contribution < -0.4 is 10.6 Å². The fraction of sp³-hybridized carbons (Fsp3) is 0.273. The summed E-state index contributed by atoms with van der Waals surface area (Å²) in [4.78, 5) is 8.64. The van der Waals surface area contributed by atoms with E-state index in [9.17, 15) is 12.8 Å². The fourth-order valence-corrected chi connectivity index (χ4v) is 4.28. The van der Waals surface area contributed by atoms with Crippen LogP contribution in [0.5, 0.6) is 0 Å². The van der Waals surface area contributed by atoms with E-state index in [1.54, 1.807) is 49.1 Å². The van der Waals surface area contributed by atoms with Gasteiger partial charge in [-0.2, -0.15) is 0 Å². The predicted octanol–water partition coefficient (Wildman–Crippen LogP) is 3.51. The molecule has 0 aliphatic heterocycles. The summed E-state index contributed by atoms with van der Waals surface area (Å²) in [6, 6.07) is 10.3. The van der Waals surface area contributed by atoms with Crippen LogP contribution in [0.25, 0.3) is 5.69 Å². The quantitative estimate of drug-likeness (QED) is 0.269. The van der Waals surface area contributed by atoms with Crippen molar-refractivity contribution in [2.24, 2.45) is 4.99 Å². The van der Waals surface area contributed by atoms with E-state index in [2.05, 4.69) is 20.6 Å². The normalized spacial score (nSPS) is 11.7. The molecule has 2 N–H and O–H groups in total. The molecule has 10 heteroatoms. The average molecular weight is 571 g/mol. The van der Waals surface area contributed by atoms with Gasteiger partial charge in [0.25, 0.3) is 0 Å². The number of sulfone groups is 1. The smallest absolute Gasteiger partial charge is 0.191 e. The van der Waals surface area contributed by atoms with Gasteiger partial charge in [0.2, 0.25) is 0 Å². The second-order valence-electron chi connectivity index (χ2n) is 7.28. The summed E-state index contributed by atoms with van der Waals surface area (Å²) in [5.41, 5.74) is 2.86. The molecule has 0 aliphatic carbocycles. The molecule has 1 aromatic heterocycles. The van der Waals surface area contributed by atoms with E-state index in [1.165, 1.54) is 12.3 Å². The number of nitrogens with zero attached hydrogens (tertiary/aromatic N) is 3. The van der Waals surface area contributed by atoms with Crippen LogP contribution in [-0.2, 0) is 22.9 Å². The average Bonchev–Trinajstić information content (AvgIpc) is 3.13. The molecule has 3 rings (SSSR count). The second kappa shape index (κ2) is 10.9. The van der Waals surface area contributed by atoms with Gasteiger partial charge in [-0.3, -0.25) is 4.99 Å². The van der Waals surface area contributed by atoms with E-state index in [0.717, 1.165) is 11.1 Å². The molecular formula is C22H27FIN5O2S. The number of halogens is 2. The lowest BCUT2D eigenvalue weighted by Crippen LogP contribution is -2.36. The van der Waals surface area contributed by atoms with Gasteiger partial charge in [0.15, 0.2) is 15.8 Å². The molecule has 0 spiro atoms. The molecule has 7 nitrogen and oxygen atoms in total. The molecule has 0 unspecified atom stereocenters. The van der Waals surface area contributed by atoms with Gasteiger partial charge in [0, 0.05) is 38.8 Å². The van der Waals surface area contributed by atoms with E-state index in [-0.39, 0.29) is 29.8 Å². The van der Waals surface area contributed by atoms with Gasteiger partial charge >= 0.3 is 0 Å². The zero-order valence-electron chi connectivity index (χ0n) is 18.4. The van der Waals surface area contributed by atoms with Crippen LogP contribution in [0.15, 0.2) is 58.7 Å². The minimum absolute atomic E-state index is 0. The Balaban J connectivity index is 0.00000363. The number of hydrogen-bond acceptors (Lipinski definition) is 4. The summed E-state index contributed by atoms with van der Waals surface area (Å²) in [5.74, 6) is 0.943. The van der Waals surface area contributed by atoms with Crippen molar-refractivity contribution in [3.8, 4) is 5.69 Å². The van der Waals surface area contributed by atoms with Gasteiger partial charge in [0.05, 0.1) is 10.6 Å². The number of guanidine groups is 1. The highest BCUT2D eigenvalue weighted by Crippen LogP contribution is 2.18. The second-order valence-corrected chi connectivity index (χ2v) is 9.27. The van der Waals surface area contributed by atoms with Gasteiger partial charge < -0.3 is 15.2 Å². The molecule has 0 radical (unpaired) electrons. The van der Waals surface area contributed by atoms with E-state index in [0.29, 0.717) is 41.0 Å². The summed E-state index contributed by atoms with van der Waals surface area (Å²) in [5, 5.41) is 6.34. The maximum absolute atomic E-state index is 14.6. The van der Waals surface area contributed by atoms with Crippen LogP contribution in [-0.4, -0.2) is 37.2 Å². The molecule has 3 aromatic rings. The number of benzene rings is 2. The number of aryl methyl sites for hydroxylation is 2. The maximum Gasteiger partial charge on any atom is 0.191 e. The number of aliphatic imine (C=N–C) groups is 1. The zero-order chi connectivity index (χ0) is 22.6. The summed E-state index contributed by atoms with van der Waals surface area (Å²) in [6.07, 6.45) is 4.56. The van der Waals surface area contributed by atoms with Crippen molar-refractivity contribution < 1.29 is 12.8 Å². The maximum atomic E-state index is 14.6. The number of nitrogens with one attached hydrogen (secondary N) is 2. The van der Waals surface area contributed by atoms with Crippen molar-refractivity contribution in [3.63, 3.8) is 0 Å². The SMILES string of the molecule is CN=C(NCc1ccc(S(C)(=O)=O)c(C)c1)NCc1ccc(-n2ccnc2C)c(F)c1.I. The Bertz CT molecular complexity index is 1220. The van der Waals surface area contributed by atoms with Gasteiger partial charge in [-0.05, 0) is 48.7 Å². The molecule has 2 aromatic carbocycles. The monoisotopic (exact) mass is 571 g/mol.